The van der Waals surface area contributed by atoms with Crippen LogP contribution in [0.4, 0.5) is 4.39 Å². The van der Waals surface area contributed by atoms with Crippen LogP contribution in [0.15, 0.2) is 24.3 Å². The van der Waals surface area contributed by atoms with Gasteiger partial charge in [-0.3, -0.25) is 4.79 Å². The number of hydrogen-bond donors (Lipinski definition) is 1. The first-order chi connectivity index (χ1) is 8.74. The molecule has 1 heterocycles. The molecule has 3 nitrogen and oxygen atoms in total. The Bertz CT molecular complexity index is 385. The fourth-order valence-electron chi connectivity index (χ4n) is 2.18. The summed E-state index contributed by atoms with van der Waals surface area (Å²) in [5, 5.41) is 3.32. The minimum atomic E-state index is -0.330. The molecule has 0 bridgehead atoms. The minimum absolute atomic E-state index is 0.243. The third-order valence-electron chi connectivity index (χ3n) is 3.20. The van der Waals surface area contributed by atoms with Gasteiger partial charge in [-0.1, -0.05) is 0 Å². The van der Waals surface area contributed by atoms with Crippen LogP contribution in [0.3, 0.4) is 0 Å². The zero-order chi connectivity index (χ0) is 12.8. The molecule has 0 spiro atoms. The van der Waals surface area contributed by atoms with Crippen molar-refractivity contribution in [2.75, 3.05) is 13.1 Å². The van der Waals surface area contributed by atoms with Gasteiger partial charge in [-0.25, -0.2) is 4.39 Å². The molecule has 1 fully saturated rings. The van der Waals surface area contributed by atoms with Crippen LogP contribution in [-0.4, -0.2) is 19.1 Å². The van der Waals surface area contributed by atoms with E-state index in [-0.39, 0.29) is 11.8 Å². The Labute approximate surface area is 106 Å². The second-order valence-corrected chi connectivity index (χ2v) is 4.68. The molecule has 0 amide bonds. The van der Waals surface area contributed by atoms with Crippen molar-refractivity contribution in [2.45, 2.75) is 25.7 Å². The van der Waals surface area contributed by atoms with Crippen LogP contribution in [-0.2, 0) is 4.79 Å². The first-order valence-electron chi connectivity index (χ1n) is 6.41. The van der Waals surface area contributed by atoms with E-state index in [9.17, 15) is 9.18 Å². The predicted molar refractivity (Wildman–Crippen MR) is 66.9 cm³/mol. The van der Waals surface area contributed by atoms with Crippen LogP contribution in [0.5, 0.6) is 5.75 Å². The van der Waals surface area contributed by atoms with Gasteiger partial charge in [0.15, 0.2) is 0 Å². The molecule has 1 unspecified atom stereocenters. The maximum Gasteiger partial charge on any atom is 0.311 e. The van der Waals surface area contributed by atoms with Crippen molar-refractivity contribution in [3.8, 4) is 5.75 Å². The summed E-state index contributed by atoms with van der Waals surface area (Å²) in [4.78, 5) is 11.6. The molecule has 1 N–H and O–H groups in total. The number of rotatable bonds is 4. The molecule has 18 heavy (non-hydrogen) atoms. The fourth-order valence-corrected chi connectivity index (χ4v) is 2.18. The van der Waals surface area contributed by atoms with Crippen LogP contribution in [0.2, 0.25) is 0 Å². The summed E-state index contributed by atoms with van der Waals surface area (Å²) in [6.45, 7) is 2.07. The number of esters is 1. The van der Waals surface area contributed by atoms with E-state index in [4.69, 9.17) is 4.74 Å². The number of carbonyl (C=O) groups excluding carboxylic acids is 1. The van der Waals surface area contributed by atoms with Crippen molar-refractivity contribution in [3.63, 3.8) is 0 Å². The van der Waals surface area contributed by atoms with Crippen molar-refractivity contribution >= 4 is 5.97 Å². The molecule has 1 saturated heterocycles. The molecule has 1 aliphatic heterocycles. The van der Waals surface area contributed by atoms with Crippen molar-refractivity contribution < 1.29 is 13.9 Å². The Kier molecular flexibility index (Phi) is 4.70. The molecule has 1 atom stereocenters. The highest BCUT2D eigenvalue weighted by Crippen LogP contribution is 2.17. The molecular formula is C14H18FNO2. The predicted octanol–water partition coefficient (Wildman–Crippen LogP) is 2.51. The van der Waals surface area contributed by atoms with Gasteiger partial charge in [-0.2, -0.15) is 0 Å². The number of benzene rings is 1. The average Bonchev–Trinajstić information content (AvgIpc) is 2.40. The van der Waals surface area contributed by atoms with Crippen molar-refractivity contribution in [2.24, 2.45) is 5.92 Å². The highest BCUT2D eigenvalue weighted by molar-refractivity contribution is 5.72. The number of carbonyl (C=O) groups is 1. The summed E-state index contributed by atoms with van der Waals surface area (Å²) in [5.41, 5.74) is 0. The van der Waals surface area contributed by atoms with Gasteiger partial charge in [0.05, 0.1) is 0 Å². The SMILES string of the molecule is O=C(CCC1CCCNC1)Oc1ccc(F)cc1. The van der Waals surface area contributed by atoms with Gasteiger partial charge >= 0.3 is 5.97 Å². The highest BCUT2D eigenvalue weighted by atomic mass is 19.1. The zero-order valence-corrected chi connectivity index (χ0v) is 10.3. The summed E-state index contributed by atoms with van der Waals surface area (Å²) in [5.74, 6) is 0.401. The van der Waals surface area contributed by atoms with Crippen molar-refractivity contribution in [1.29, 1.82) is 0 Å². The maximum atomic E-state index is 12.7. The van der Waals surface area contributed by atoms with E-state index in [0.717, 1.165) is 19.5 Å². The Morgan fingerprint density at radius 3 is 2.83 bits per heavy atom. The summed E-state index contributed by atoms with van der Waals surface area (Å²) < 4.78 is 17.8. The van der Waals surface area contributed by atoms with Gasteiger partial charge in [-0.15, -0.1) is 0 Å². The number of hydrogen-bond acceptors (Lipinski definition) is 3. The van der Waals surface area contributed by atoms with Crippen molar-refractivity contribution in [1.82, 2.24) is 5.32 Å². The van der Waals surface area contributed by atoms with E-state index in [0.29, 0.717) is 18.1 Å². The van der Waals surface area contributed by atoms with Gasteiger partial charge < -0.3 is 10.1 Å². The molecule has 0 aliphatic carbocycles. The van der Waals surface area contributed by atoms with E-state index in [1.807, 2.05) is 0 Å². The number of halogens is 1. The average molecular weight is 251 g/mol. The third-order valence-corrected chi connectivity index (χ3v) is 3.20. The maximum absolute atomic E-state index is 12.7. The standard InChI is InChI=1S/C14H18FNO2/c15-12-4-6-13(7-5-12)18-14(17)8-3-11-2-1-9-16-10-11/h4-7,11,16H,1-3,8-10H2. The normalized spacial score (nSPS) is 19.5. The monoisotopic (exact) mass is 251 g/mol. The van der Waals surface area contributed by atoms with E-state index in [1.165, 1.54) is 37.1 Å². The lowest BCUT2D eigenvalue weighted by atomic mass is 9.95. The van der Waals surface area contributed by atoms with E-state index >= 15 is 0 Å². The van der Waals surface area contributed by atoms with Gasteiger partial charge in [0, 0.05) is 6.42 Å². The number of piperidine rings is 1. The molecule has 1 aromatic carbocycles. The van der Waals surface area contributed by atoms with E-state index < -0.39 is 0 Å². The Morgan fingerprint density at radius 1 is 1.39 bits per heavy atom. The van der Waals surface area contributed by atoms with E-state index in [1.54, 1.807) is 0 Å². The fraction of sp³-hybridized carbons (Fsp3) is 0.500. The molecule has 98 valence electrons. The summed E-state index contributed by atoms with van der Waals surface area (Å²) in [7, 11) is 0. The van der Waals surface area contributed by atoms with E-state index in [2.05, 4.69) is 5.32 Å². The van der Waals surface area contributed by atoms with Gasteiger partial charge in [0.1, 0.15) is 11.6 Å². The second kappa shape index (κ2) is 6.50. The molecule has 2 rings (SSSR count). The summed E-state index contributed by atoms with van der Waals surface area (Å²) in [6, 6.07) is 5.51. The van der Waals surface area contributed by atoms with Gasteiger partial charge in [0.2, 0.25) is 0 Å². The number of nitrogens with one attached hydrogen (secondary N) is 1. The molecule has 0 radical (unpaired) electrons. The lowest BCUT2D eigenvalue weighted by Gasteiger charge is -2.22. The topological polar surface area (TPSA) is 38.3 Å². The quantitative estimate of drug-likeness (QED) is 0.660. The van der Waals surface area contributed by atoms with Crippen LogP contribution in [0.1, 0.15) is 25.7 Å². The molecule has 1 aliphatic rings. The lowest BCUT2D eigenvalue weighted by Crippen LogP contribution is -2.30. The van der Waals surface area contributed by atoms with Gasteiger partial charge in [0.25, 0.3) is 0 Å². The summed E-state index contributed by atoms with van der Waals surface area (Å²) >= 11 is 0. The van der Waals surface area contributed by atoms with Crippen LogP contribution in [0, 0.1) is 11.7 Å². The molecule has 4 heteroatoms. The molecular weight excluding hydrogens is 233 g/mol. The lowest BCUT2D eigenvalue weighted by molar-refractivity contribution is -0.134. The Morgan fingerprint density at radius 2 is 2.17 bits per heavy atom. The first-order valence-corrected chi connectivity index (χ1v) is 6.41. The van der Waals surface area contributed by atoms with Crippen LogP contribution >= 0.6 is 0 Å². The van der Waals surface area contributed by atoms with Crippen LogP contribution in [0.25, 0.3) is 0 Å². The smallest absolute Gasteiger partial charge is 0.311 e. The molecule has 1 aromatic rings. The highest BCUT2D eigenvalue weighted by Gasteiger charge is 2.15. The first kappa shape index (κ1) is 13.0. The zero-order valence-electron chi connectivity index (χ0n) is 10.3. The largest absolute Gasteiger partial charge is 0.427 e. The molecule has 0 aromatic heterocycles. The van der Waals surface area contributed by atoms with Gasteiger partial charge in [-0.05, 0) is 62.5 Å². The third kappa shape index (κ3) is 4.11. The molecule has 0 saturated carbocycles. The Balaban J connectivity index is 1.73. The minimum Gasteiger partial charge on any atom is -0.427 e. The van der Waals surface area contributed by atoms with Crippen LogP contribution < -0.4 is 10.1 Å². The summed E-state index contributed by atoms with van der Waals surface area (Å²) in [6.07, 6.45) is 3.63. The van der Waals surface area contributed by atoms with Crippen molar-refractivity contribution in [3.05, 3.63) is 30.1 Å². The second-order valence-electron chi connectivity index (χ2n) is 4.68. The Hall–Kier alpha value is -1.42. The number of ether oxygens (including phenoxy) is 1.